The molecule has 0 aromatic carbocycles. The molecule has 0 unspecified atom stereocenters. The predicted molar refractivity (Wildman–Crippen MR) is 20.2 cm³/mol. The number of hydrogen-bond donors (Lipinski definition) is 0. The number of halogens is 1. The van der Waals surface area contributed by atoms with E-state index in [1.165, 1.54) is 6.07 Å². The number of aromatic nitrogens is 1. The first-order valence-electron chi connectivity index (χ1n) is 1.81. The van der Waals surface area contributed by atoms with Crippen molar-refractivity contribution in [3.63, 3.8) is 0 Å². The van der Waals surface area contributed by atoms with Gasteiger partial charge in [-0.05, 0) is 0 Å². The normalized spacial score (nSPS) is 9.29. The van der Waals surface area contributed by atoms with E-state index in [0.29, 0.717) is 5.69 Å². The van der Waals surface area contributed by atoms with Crippen molar-refractivity contribution in [1.82, 2.24) is 5.16 Å². The zero-order valence-corrected chi connectivity index (χ0v) is 3.52. The minimum atomic E-state index is -0.576. The summed E-state index contributed by atoms with van der Waals surface area (Å²) in [4.78, 5) is 0. The summed E-state index contributed by atoms with van der Waals surface area (Å²) in [5.74, 6) is 0. The third-order valence-electron chi connectivity index (χ3n) is 0.578. The van der Waals surface area contributed by atoms with Gasteiger partial charge in [0, 0.05) is 6.07 Å². The van der Waals surface area contributed by atoms with Gasteiger partial charge in [0.15, 0.2) is 0 Å². The lowest BCUT2D eigenvalue weighted by molar-refractivity contribution is 0.384. The Kier molecular flexibility index (Phi) is 1.06. The minimum Gasteiger partial charge on any atom is -0.352 e. The topological polar surface area (TPSA) is 26.0 Å². The summed E-state index contributed by atoms with van der Waals surface area (Å²) in [5.41, 5.74) is 0.292. The van der Waals surface area contributed by atoms with E-state index in [-0.39, 0.29) is 0 Å². The van der Waals surface area contributed by atoms with Crippen molar-refractivity contribution >= 4 is 0 Å². The van der Waals surface area contributed by atoms with Gasteiger partial charge in [-0.15, -0.1) is 0 Å². The maximum absolute atomic E-state index is 11.4. The Bertz CT molecular complexity index is 126. The molecule has 0 aliphatic carbocycles. The number of alkyl halides is 1. The Morgan fingerprint density at radius 3 is 3.14 bits per heavy atom. The first-order chi connectivity index (χ1) is 3.43. The summed E-state index contributed by atoms with van der Waals surface area (Å²) >= 11 is 0. The summed E-state index contributed by atoms with van der Waals surface area (Å²) in [6, 6.07) is 1.36. The van der Waals surface area contributed by atoms with Crippen LogP contribution in [0.4, 0.5) is 4.39 Å². The van der Waals surface area contributed by atoms with E-state index < -0.39 is 6.67 Å². The molecule has 1 radical (unpaired) electrons. The SMILES string of the molecule is FCc1c[c]on1. The Morgan fingerprint density at radius 2 is 2.86 bits per heavy atom. The molecule has 0 aliphatic rings. The maximum atomic E-state index is 11.4. The first-order valence-corrected chi connectivity index (χ1v) is 1.81. The van der Waals surface area contributed by atoms with Gasteiger partial charge < -0.3 is 4.52 Å². The second kappa shape index (κ2) is 1.73. The second-order valence-electron chi connectivity index (χ2n) is 1.07. The monoisotopic (exact) mass is 100 g/mol. The molecule has 2 nitrogen and oxygen atoms in total. The molecule has 0 amide bonds. The highest BCUT2D eigenvalue weighted by Gasteiger charge is 1.90. The predicted octanol–water partition coefficient (Wildman–Crippen LogP) is 0.944. The van der Waals surface area contributed by atoms with E-state index in [0.717, 1.165) is 0 Å². The molecule has 0 spiro atoms. The largest absolute Gasteiger partial charge is 0.352 e. The molecule has 0 atom stereocenters. The summed E-state index contributed by atoms with van der Waals surface area (Å²) < 4.78 is 15.6. The van der Waals surface area contributed by atoms with Crippen molar-refractivity contribution in [2.45, 2.75) is 6.67 Å². The van der Waals surface area contributed by atoms with E-state index in [1.807, 2.05) is 0 Å². The van der Waals surface area contributed by atoms with Crippen molar-refractivity contribution in [3.8, 4) is 0 Å². The van der Waals surface area contributed by atoms with E-state index >= 15 is 0 Å². The Morgan fingerprint density at radius 1 is 2.00 bits per heavy atom. The first kappa shape index (κ1) is 4.30. The molecule has 0 saturated carbocycles. The molecule has 1 aromatic rings. The molecule has 3 heteroatoms. The molecule has 1 heterocycles. The van der Waals surface area contributed by atoms with Crippen LogP contribution in [0.2, 0.25) is 0 Å². The fourth-order valence-corrected chi connectivity index (χ4v) is 0.269. The van der Waals surface area contributed by atoms with Gasteiger partial charge in [-0.2, -0.15) is 0 Å². The fourth-order valence-electron chi connectivity index (χ4n) is 0.269. The van der Waals surface area contributed by atoms with Gasteiger partial charge in [-0.3, -0.25) is 0 Å². The molecule has 7 heavy (non-hydrogen) atoms. The molecular formula is C4H3FNO. The van der Waals surface area contributed by atoms with Gasteiger partial charge in [0.1, 0.15) is 12.4 Å². The second-order valence-corrected chi connectivity index (χ2v) is 1.07. The van der Waals surface area contributed by atoms with Crippen LogP contribution in [0, 0.1) is 6.26 Å². The van der Waals surface area contributed by atoms with E-state index in [9.17, 15) is 4.39 Å². The Hall–Kier alpha value is -0.860. The van der Waals surface area contributed by atoms with Gasteiger partial charge in [-0.1, -0.05) is 5.16 Å². The quantitative estimate of drug-likeness (QED) is 0.525. The summed E-state index contributed by atoms with van der Waals surface area (Å²) in [7, 11) is 0. The third-order valence-corrected chi connectivity index (χ3v) is 0.578. The molecule has 0 saturated heterocycles. The molecule has 0 N–H and O–H groups in total. The summed E-state index contributed by atoms with van der Waals surface area (Å²) in [5, 5.41) is 3.23. The number of nitrogens with zero attached hydrogens (tertiary/aromatic N) is 1. The van der Waals surface area contributed by atoms with Crippen LogP contribution in [0.3, 0.4) is 0 Å². The van der Waals surface area contributed by atoms with Gasteiger partial charge in [0.2, 0.25) is 6.26 Å². The summed E-state index contributed by atoms with van der Waals surface area (Å²) in [6.45, 7) is -0.576. The fraction of sp³-hybridized carbons (Fsp3) is 0.250. The van der Waals surface area contributed by atoms with Crippen LogP contribution in [0.25, 0.3) is 0 Å². The van der Waals surface area contributed by atoms with Crippen LogP contribution in [0.5, 0.6) is 0 Å². The maximum Gasteiger partial charge on any atom is 0.205 e. The average Bonchev–Trinajstić information content (AvgIpc) is 2.14. The van der Waals surface area contributed by atoms with E-state index in [1.54, 1.807) is 0 Å². The molecule has 37 valence electrons. The van der Waals surface area contributed by atoms with Crippen molar-refractivity contribution in [1.29, 1.82) is 0 Å². The van der Waals surface area contributed by atoms with Crippen LogP contribution in [-0.4, -0.2) is 5.16 Å². The zero-order chi connectivity index (χ0) is 5.11. The Labute approximate surface area is 39.9 Å². The van der Waals surface area contributed by atoms with Crippen molar-refractivity contribution < 1.29 is 8.91 Å². The van der Waals surface area contributed by atoms with E-state index in [2.05, 4.69) is 15.9 Å². The van der Waals surface area contributed by atoms with Crippen LogP contribution in [-0.2, 0) is 6.67 Å². The lowest BCUT2D eigenvalue weighted by atomic mass is 10.5. The highest BCUT2D eigenvalue weighted by molar-refractivity contribution is 4.90. The zero-order valence-electron chi connectivity index (χ0n) is 3.52. The van der Waals surface area contributed by atoms with Crippen molar-refractivity contribution in [2.75, 3.05) is 0 Å². The summed E-state index contributed by atoms with van der Waals surface area (Å²) in [6.07, 6.45) is 2.25. The van der Waals surface area contributed by atoms with Gasteiger partial charge >= 0.3 is 0 Å². The standard InChI is InChI=1S/C4H3FNO/c5-3-4-1-2-7-6-4/h1H,3H2. The Balaban J connectivity index is 2.76. The lowest BCUT2D eigenvalue weighted by Crippen LogP contribution is -1.71. The molecule has 0 bridgehead atoms. The number of rotatable bonds is 1. The minimum absolute atomic E-state index is 0.292. The highest BCUT2D eigenvalue weighted by Crippen LogP contribution is 1.93. The van der Waals surface area contributed by atoms with Crippen molar-refractivity contribution in [3.05, 3.63) is 18.0 Å². The van der Waals surface area contributed by atoms with Gasteiger partial charge in [0.25, 0.3) is 0 Å². The van der Waals surface area contributed by atoms with Gasteiger partial charge in [-0.25, -0.2) is 4.39 Å². The molecule has 1 rings (SSSR count). The molecular weight excluding hydrogens is 97.0 g/mol. The third kappa shape index (κ3) is 0.765. The number of hydrogen-bond acceptors (Lipinski definition) is 2. The molecule has 0 fully saturated rings. The van der Waals surface area contributed by atoms with Crippen molar-refractivity contribution in [2.24, 2.45) is 0 Å². The van der Waals surface area contributed by atoms with Crippen LogP contribution in [0.1, 0.15) is 5.69 Å². The lowest BCUT2D eigenvalue weighted by Gasteiger charge is -1.71. The molecule has 1 aromatic heterocycles. The van der Waals surface area contributed by atoms with Crippen LogP contribution < -0.4 is 0 Å². The van der Waals surface area contributed by atoms with Crippen LogP contribution >= 0.6 is 0 Å². The highest BCUT2D eigenvalue weighted by atomic mass is 19.1. The van der Waals surface area contributed by atoms with E-state index in [4.69, 9.17) is 0 Å². The van der Waals surface area contributed by atoms with Crippen LogP contribution in [0.15, 0.2) is 10.6 Å². The molecule has 0 aliphatic heterocycles. The van der Waals surface area contributed by atoms with Gasteiger partial charge in [0.05, 0.1) is 0 Å². The smallest absolute Gasteiger partial charge is 0.205 e. The average molecular weight is 100 g/mol.